The smallest absolute Gasteiger partial charge is 0.174 e. The van der Waals surface area contributed by atoms with E-state index in [1.54, 1.807) is 14.2 Å². The van der Waals surface area contributed by atoms with E-state index in [9.17, 15) is 4.57 Å². The average Bonchev–Trinajstić information content (AvgIpc) is 2.56. The lowest BCUT2D eigenvalue weighted by Gasteiger charge is -2.20. The molecule has 22 heavy (non-hydrogen) atoms. The van der Waals surface area contributed by atoms with E-state index in [4.69, 9.17) is 9.47 Å². The fraction of sp³-hybridized carbons (Fsp3) is 0.294. The van der Waals surface area contributed by atoms with Crippen LogP contribution in [0.25, 0.3) is 0 Å². The van der Waals surface area contributed by atoms with Crippen LogP contribution in [-0.2, 0) is 17.4 Å². The van der Waals surface area contributed by atoms with Crippen LogP contribution in [0.3, 0.4) is 0 Å². The molecule has 116 valence electrons. The van der Waals surface area contributed by atoms with Crippen LogP contribution in [0.15, 0.2) is 48.5 Å². The molecule has 0 aromatic heterocycles. The van der Waals surface area contributed by atoms with Gasteiger partial charge in [0.2, 0.25) is 0 Å². The maximum absolute atomic E-state index is 11.7. The minimum Gasteiger partial charge on any atom is -0.497 e. The summed E-state index contributed by atoms with van der Waals surface area (Å²) in [7, 11) is 3.35. The Hall–Kier alpha value is -1.38. The number of ether oxygens (including phenoxy) is 2. The number of methoxy groups -OCH3 is 2. The summed E-state index contributed by atoms with van der Waals surface area (Å²) < 4.78 is 21.5. The van der Waals surface area contributed by atoms with Crippen molar-refractivity contribution in [2.45, 2.75) is 16.9 Å². The largest absolute Gasteiger partial charge is 0.497 e. The molecule has 0 saturated carbocycles. The highest BCUT2D eigenvalue weighted by Crippen LogP contribution is 2.38. The minimum absolute atomic E-state index is 0.0690. The molecule has 0 heterocycles. The van der Waals surface area contributed by atoms with Crippen LogP contribution in [0.5, 0.6) is 11.5 Å². The van der Waals surface area contributed by atoms with Crippen molar-refractivity contribution in [3.63, 3.8) is 0 Å². The quantitative estimate of drug-likeness (QED) is 0.507. The van der Waals surface area contributed by atoms with Crippen molar-refractivity contribution >= 4 is 24.4 Å². The van der Waals surface area contributed by atoms with Crippen molar-refractivity contribution < 1.29 is 14.0 Å². The number of rotatable bonds is 7. The lowest BCUT2D eigenvalue weighted by atomic mass is 10.0. The fourth-order valence-corrected chi connectivity index (χ4v) is 3.38. The van der Waals surface area contributed by atoms with Gasteiger partial charge in [0, 0.05) is 0 Å². The minimum atomic E-state index is -0.518. The monoisotopic (exact) mass is 380 g/mol. The molecule has 0 radical (unpaired) electrons. The predicted octanol–water partition coefficient (Wildman–Crippen LogP) is 4.87. The van der Waals surface area contributed by atoms with Crippen LogP contribution >= 0.6 is 24.4 Å². The van der Waals surface area contributed by atoms with Crippen molar-refractivity contribution in [1.29, 1.82) is 0 Å². The zero-order chi connectivity index (χ0) is 16.0. The first-order valence-corrected chi connectivity index (χ1v) is 8.48. The lowest BCUT2D eigenvalue weighted by Crippen LogP contribution is -2.19. The molecule has 0 spiro atoms. The summed E-state index contributed by atoms with van der Waals surface area (Å²) in [5, 5.41) is 0. The molecule has 0 aliphatic rings. The van der Waals surface area contributed by atoms with Gasteiger partial charge in [-0.1, -0.05) is 40.2 Å². The number of hydrogen-bond acceptors (Lipinski definition) is 3. The van der Waals surface area contributed by atoms with Crippen LogP contribution in [0, 0.1) is 0 Å². The number of alkyl halides is 1. The topological polar surface area (TPSA) is 35.5 Å². The number of halogens is 1. The first-order chi connectivity index (χ1) is 10.6. The maximum Gasteiger partial charge on any atom is 0.174 e. The molecule has 0 saturated heterocycles. The van der Waals surface area contributed by atoms with Gasteiger partial charge in [0.1, 0.15) is 15.6 Å². The fourth-order valence-electron chi connectivity index (χ4n) is 2.24. The molecule has 0 fully saturated rings. The van der Waals surface area contributed by atoms with Crippen LogP contribution in [-0.4, -0.2) is 18.3 Å². The predicted molar refractivity (Wildman–Crippen MR) is 92.7 cm³/mol. The second kappa shape index (κ2) is 7.75. The van der Waals surface area contributed by atoms with E-state index in [0.29, 0.717) is 12.8 Å². The molecule has 0 bridgehead atoms. The van der Waals surface area contributed by atoms with Crippen molar-refractivity contribution in [2.24, 2.45) is 0 Å². The van der Waals surface area contributed by atoms with Crippen molar-refractivity contribution in [1.82, 2.24) is 0 Å². The summed E-state index contributed by atoms with van der Waals surface area (Å²) in [6.45, 7) is 0. The molecular weight excluding hydrogens is 363 g/mol. The lowest BCUT2D eigenvalue weighted by molar-refractivity contribution is 0.414. The van der Waals surface area contributed by atoms with Gasteiger partial charge in [0.15, 0.2) is 8.46 Å². The van der Waals surface area contributed by atoms with Crippen molar-refractivity contribution in [3.05, 3.63) is 59.7 Å². The first-order valence-electron chi connectivity index (χ1n) is 6.88. The van der Waals surface area contributed by atoms with E-state index < -0.39 is 4.07 Å². The first kappa shape index (κ1) is 17.0. The van der Waals surface area contributed by atoms with Gasteiger partial charge in [-0.05, 0) is 48.2 Å². The molecular formula is C17H18BrO3P. The summed E-state index contributed by atoms with van der Waals surface area (Å²) in [6.07, 6.45) is 1.32. The van der Waals surface area contributed by atoms with Crippen molar-refractivity contribution in [2.75, 3.05) is 14.2 Å². The van der Waals surface area contributed by atoms with Gasteiger partial charge in [-0.25, -0.2) is 0 Å². The molecule has 0 amide bonds. The van der Waals surface area contributed by atoms with Gasteiger partial charge in [-0.3, -0.25) is 4.57 Å². The highest BCUT2D eigenvalue weighted by molar-refractivity contribution is 9.11. The molecule has 0 unspecified atom stereocenters. The zero-order valence-electron chi connectivity index (χ0n) is 12.6. The molecule has 2 rings (SSSR count). The van der Waals surface area contributed by atoms with Crippen molar-refractivity contribution in [3.8, 4) is 11.5 Å². The van der Waals surface area contributed by atoms with Crippen LogP contribution < -0.4 is 9.47 Å². The van der Waals surface area contributed by atoms with E-state index in [0.717, 1.165) is 22.6 Å². The molecule has 5 heteroatoms. The average molecular weight is 381 g/mol. The Morgan fingerprint density at radius 1 is 0.864 bits per heavy atom. The number of hydrogen-bond donors (Lipinski definition) is 0. The van der Waals surface area contributed by atoms with Crippen LogP contribution in [0.1, 0.15) is 11.1 Å². The highest BCUT2D eigenvalue weighted by atomic mass is 79.9. The summed E-state index contributed by atoms with van der Waals surface area (Å²) in [5.41, 5.74) is 2.21. The van der Waals surface area contributed by atoms with E-state index >= 15 is 0 Å². The Labute approximate surface area is 141 Å². The second-order valence-corrected chi connectivity index (χ2v) is 8.23. The van der Waals surface area contributed by atoms with Gasteiger partial charge in [-0.15, -0.1) is 0 Å². The molecule has 0 atom stereocenters. The second-order valence-electron chi connectivity index (χ2n) is 5.06. The third-order valence-corrected chi connectivity index (χ3v) is 5.07. The van der Waals surface area contributed by atoms with E-state index in [1.165, 1.54) is 0 Å². The summed E-state index contributed by atoms with van der Waals surface area (Å²) in [6, 6.07) is 15.6. The standard InChI is InChI=1S/C17H18BrO3P/c1-20-15-7-3-13(4-8-15)11-17(18,22-19)12-14-5-9-16(21-2)10-6-14/h3-10H,11-12H2,1-2H3. The van der Waals surface area contributed by atoms with E-state index in [2.05, 4.69) is 15.9 Å². The third kappa shape index (κ3) is 4.56. The summed E-state index contributed by atoms with van der Waals surface area (Å²) in [5.74, 6) is 1.64. The molecule has 2 aromatic carbocycles. The molecule has 0 aliphatic heterocycles. The van der Waals surface area contributed by atoms with E-state index in [-0.39, 0.29) is 8.46 Å². The summed E-state index contributed by atoms with van der Waals surface area (Å²) in [4.78, 5) is 0. The normalized spacial score (nSPS) is 11.4. The SMILES string of the molecule is COc1ccc(CC(Br)(Cc2ccc(OC)cc2)P=O)cc1. The molecule has 0 N–H and O–H groups in total. The Morgan fingerprint density at radius 3 is 1.50 bits per heavy atom. The van der Waals surface area contributed by atoms with Crippen LogP contribution in [0.4, 0.5) is 0 Å². The van der Waals surface area contributed by atoms with Gasteiger partial charge in [0.05, 0.1) is 14.2 Å². The highest BCUT2D eigenvalue weighted by Gasteiger charge is 2.28. The Balaban J connectivity index is 2.10. The van der Waals surface area contributed by atoms with Gasteiger partial charge < -0.3 is 9.47 Å². The molecule has 0 aliphatic carbocycles. The Morgan fingerprint density at radius 2 is 1.23 bits per heavy atom. The Bertz CT molecular complexity index is 561. The molecule has 3 nitrogen and oxygen atoms in total. The maximum atomic E-state index is 11.7. The van der Waals surface area contributed by atoms with Crippen LogP contribution in [0.2, 0.25) is 0 Å². The van der Waals surface area contributed by atoms with Gasteiger partial charge >= 0.3 is 0 Å². The third-order valence-electron chi connectivity index (χ3n) is 3.43. The number of benzene rings is 2. The molecule has 2 aromatic rings. The Kier molecular flexibility index (Phi) is 5.98. The zero-order valence-corrected chi connectivity index (χ0v) is 15.1. The van der Waals surface area contributed by atoms with E-state index in [1.807, 2.05) is 48.5 Å². The van der Waals surface area contributed by atoms with Gasteiger partial charge in [0.25, 0.3) is 0 Å². The van der Waals surface area contributed by atoms with Gasteiger partial charge in [-0.2, -0.15) is 0 Å². The summed E-state index contributed by atoms with van der Waals surface area (Å²) >= 11 is 3.64.